The predicted octanol–water partition coefficient (Wildman–Crippen LogP) is 3.99. The van der Waals surface area contributed by atoms with Gasteiger partial charge in [-0.3, -0.25) is 0 Å². The molecule has 2 nitrogen and oxygen atoms in total. The lowest BCUT2D eigenvalue weighted by atomic mass is 9.84. The third-order valence-corrected chi connectivity index (χ3v) is 5.09. The van der Waals surface area contributed by atoms with Crippen molar-refractivity contribution in [1.29, 1.82) is 0 Å². The maximum atomic E-state index is 12.7. The molecule has 0 aliphatic heterocycles. The van der Waals surface area contributed by atoms with Crippen LogP contribution in [-0.4, -0.2) is 17.5 Å². The van der Waals surface area contributed by atoms with Crippen LogP contribution in [0.2, 0.25) is 0 Å². The van der Waals surface area contributed by atoms with E-state index in [0.29, 0.717) is 12.2 Å². The van der Waals surface area contributed by atoms with Crippen molar-refractivity contribution >= 4 is 23.1 Å². The molecular formula is C13H17F3N2S. The SMILES string of the molecule is CSC1(CNc2ccc(N)c(C(F)(F)F)c2)CCC1. The Morgan fingerprint density at radius 3 is 2.53 bits per heavy atom. The molecular weight excluding hydrogens is 273 g/mol. The van der Waals surface area contributed by atoms with Gasteiger partial charge in [0.2, 0.25) is 0 Å². The van der Waals surface area contributed by atoms with Crippen LogP contribution in [0.25, 0.3) is 0 Å². The normalized spacial score (nSPS) is 17.9. The molecule has 0 bridgehead atoms. The molecule has 106 valence electrons. The fraction of sp³-hybridized carbons (Fsp3) is 0.538. The number of anilines is 2. The zero-order chi connectivity index (χ0) is 14.1. The fourth-order valence-electron chi connectivity index (χ4n) is 2.20. The van der Waals surface area contributed by atoms with Gasteiger partial charge in [0.15, 0.2) is 0 Å². The average molecular weight is 290 g/mol. The molecule has 1 saturated carbocycles. The van der Waals surface area contributed by atoms with Gasteiger partial charge in [0.05, 0.1) is 5.56 Å². The average Bonchev–Trinajstić information content (AvgIpc) is 2.28. The molecule has 1 aromatic carbocycles. The molecule has 0 aromatic heterocycles. The lowest BCUT2D eigenvalue weighted by molar-refractivity contribution is -0.136. The van der Waals surface area contributed by atoms with Crippen LogP contribution in [-0.2, 0) is 6.18 Å². The van der Waals surface area contributed by atoms with Crippen LogP contribution in [0.5, 0.6) is 0 Å². The Hall–Kier alpha value is -1.04. The molecule has 0 heterocycles. The van der Waals surface area contributed by atoms with E-state index in [1.165, 1.54) is 12.5 Å². The third-order valence-electron chi connectivity index (χ3n) is 3.67. The first-order chi connectivity index (χ1) is 8.86. The zero-order valence-electron chi connectivity index (χ0n) is 10.7. The number of rotatable bonds is 4. The largest absolute Gasteiger partial charge is 0.418 e. The molecule has 0 saturated heterocycles. The number of nitrogens with two attached hydrogens (primary N) is 1. The molecule has 1 aliphatic rings. The highest BCUT2D eigenvalue weighted by Gasteiger charge is 2.36. The molecule has 0 atom stereocenters. The molecule has 0 radical (unpaired) electrons. The third kappa shape index (κ3) is 3.11. The number of hydrogen-bond acceptors (Lipinski definition) is 3. The molecule has 0 spiro atoms. The number of halogens is 3. The molecule has 3 N–H and O–H groups in total. The highest BCUT2D eigenvalue weighted by molar-refractivity contribution is 8.00. The van der Waals surface area contributed by atoms with Crippen LogP contribution in [0.3, 0.4) is 0 Å². The predicted molar refractivity (Wildman–Crippen MR) is 74.4 cm³/mol. The number of hydrogen-bond donors (Lipinski definition) is 2. The summed E-state index contributed by atoms with van der Waals surface area (Å²) in [5.41, 5.74) is 4.83. The summed E-state index contributed by atoms with van der Waals surface area (Å²) in [7, 11) is 0. The van der Waals surface area contributed by atoms with Crippen LogP contribution in [0, 0.1) is 0 Å². The van der Waals surface area contributed by atoms with E-state index in [1.807, 2.05) is 6.26 Å². The second-order valence-corrected chi connectivity index (χ2v) is 6.17. The van der Waals surface area contributed by atoms with Crippen LogP contribution >= 0.6 is 11.8 Å². The number of thioether (sulfide) groups is 1. The second-order valence-electron chi connectivity index (χ2n) is 4.89. The Balaban J connectivity index is 2.09. The van der Waals surface area contributed by atoms with Gasteiger partial charge in [0.25, 0.3) is 0 Å². The molecule has 0 amide bonds. The van der Waals surface area contributed by atoms with E-state index in [1.54, 1.807) is 17.8 Å². The van der Waals surface area contributed by atoms with Crippen LogP contribution in [0.1, 0.15) is 24.8 Å². The van der Waals surface area contributed by atoms with E-state index in [-0.39, 0.29) is 10.4 Å². The van der Waals surface area contributed by atoms with Crippen molar-refractivity contribution in [1.82, 2.24) is 0 Å². The van der Waals surface area contributed by atoms with Crippen LogP contribution in [0.15, 0.2) is 18.2 Å². The van der Waals surface area contributed by atoms with Gasteiger partial charge < -0.3 is 11.1 Å². The Morgan fingerprint density at radius 2 is 2.05 bits per heavy atom. The lowest BCUT2D eigenvalue weighted by Crippen LogP contribution is -2.40. The molecule has 1 fully saturated rings. The van der Waals surface area contributed by atoms with E-state index in [9.17, 15) is 13.2 Å². The van der Waals surface area contributed by atoms with Crippen molar-refractivity contribution < 1.29 is 13.2 Å². The van der Waals surface area contributed by atoms with Crippen LogP contribution < -0.4 is 11.1 Å². The minimum Gasteiger partial charge on any atom is -0.398 e. The highest BCUT2D eigenvalue weighted by Crippen LogP contribution is 2.43. The number of nitrogens with one attached hydrogen (secondary N) is 1. The molecule has 6 heteroatoms. The first-order valence-electron chi connectivity index (χ1n) is 6.12. The van der Waals surface area contributed by atoms with Crippen molar-refractivity contribution in [2.24, 2.45) is 0 Å². The molecule has 1 aliphatic carbocycles. The molecule has 2 rings (SSSR count). The molecule has 19 heavy (non-hydrogen) atoms. The minimum atomic E-state index is -4.41. The van der Waals surface area contributed by atoms with Gasteiger partial charge in [0, 0.05) is 22.7 Å². The summed E-state index contributed by atoms with van der Waals surface area (Å²) in [5.74, 6) is 0. The topological polar surface area (TPSA) is 38.0 Å². The van der Waals surface area contributed by atoms with Gasteiger partial charge in [-0.2, -0.15) is 24.9 Å². The quantitative estimate of drug-likeness (QED) is 0.824. The number of alkyl halides is 3. The van der Waals surface area contributed by atoms with Crippen molar-refractivity contribution in [3.63, 3.8) is 0 Å². The van der Waals surface area contributed by atoms with E-state index in [0.717, 1.165) is 18.9 Å². The van der Waals surface area contributed by atoms with Crippen molar-refractivity contribution in [2.45, 2.75) is 30.2 Å². The monoisotopic (exact) mass is 290 g/mol. The van der Waals surface area contributed by atoms with Gasteiger partial charge in [-0.1, -0.05) is 6.42 Å². The van der Waals surface area contributed by atoms with E-state index in [4.69, 9.17) is 5.73 Å². The van der Waals surface area contributed by atoms with Gasteiger partial charge in [0.1, 0.15) is 0 Å². The molecule has 1 aromatic rings. The number of nitrogen functional groups attached to an aromatic ring is 1. The van der Waals surface area contributed by atoms with E-state index < -0.39 is 11.7 Å². The van der Waals surface area contributed by atoms with E-state index >= 15 is 0 Å². The van der Waals surface area contributed by atoms with Crippen molar-refractivity contribution in [3.8, 4) is 0 Å². The number of benzene rings is 1. The first-order valence-corrected chi connectivity index (χ1v) is 7.34. The Morgan fingerprint density at radius 1 is 1.37 bits per heavy atom. The van der Waals surface area contributed by atoms with Crippen LogP contribution in [0.4, 0.5) is 24.5 Å². The summed E-state index contributed by atoms with van der Waals surface area (Å²) in [6, 6.07) is 3.98. The van der Waals surface area contributed by atoms with Crippen molar-refractivity contribution in [2.75, 3.05) is 23.9 Å². The summed E-state index contributed by atoms with van der Waals surface area (Å²) in [6.45, 7) is 0.690. The summed E-state index contributed by atoms with van der Waals surface area (Å²) < 4.78 is 38.4. The van der Waals surface area contributed by atoms with Gasteiger partial charge in [-0.05, 0) is 37.3 Å². The maximum Gasteiger partial charge on any atom is 0.418 e. The fourth-order valence-corrected chi connectivity index (χ4v) is 3.11. The maximum absolute atomic E-state index is 12.7. The summed E-state index contributed by atoms with van der Waals surface area (Å²) >= 11 is 1.78. The Labute approximate surface area is 114 Å². The lowest BCUT2D eigenvalue weighted by Gasteiger charge is -2.40. The highest BCUT2D eigenvalue weighted by atomic mass is 32.2. The van der Waals surface area contributed by atoms with Crippen molar-refractivity contribution in [3.05, 3.63) is 23.8 Å². The molecule has 0 unspecified atom stereocenters. The smallest absolute Gasteiger partial charge is 0.398 e. The summed E-state index contributed by atoms with van der Waals surface area (Å²) in [4.78, 5) is 0. The summed E-state index contributed by atoms with van der Waals surface area (Å²) in [6.07, 6.45) is 1.06. The van der Waals surface area contributed by atoms with Gasteiger partial charge in [-0.15, -0.1) is 0 Å². The first kappa shape index (κ1) is 14.4. The second kappa shape index (κ2) is 5.15. The van der Waals surface area contributed by atoms with Gasteiger partial charge >= 0.3 is 6.18 Å². The zero-order valence-corrected chi connectivity index (χ0v) is 11.5. The Kier molecular flexibility index (Phi) is 3.90. The Bertz CT molecular complexity index is 450. The van der Waals surface area contributed by atoms with Gasteiger partial charge in [-0.25, -0.2) is 0 Å². The summed E-state index contributed by atoms with van der Waals surface area (Å²) in [5, 5.41) is 3.10. The minimum absolute atomic E-state index is 0.180. The standard InChI is InChI=1S/C13H17F3N2S/c1-19-12(5-2-6-12)8-18-9-3-4-11(17)10(7-9)13(14,15)16/h3-4,7,18H,2,5-6,8,17H2,1H3. The van der Waals surface area contributed by atoms with E-state index in [2.05, 4.69) is 5.32 Å².